The number of hydrogen-bond acceptors (Lipinski definition) is 3. The van der Waals surface area contributed by atoms with Crippen molar-refractivity contribution in [1.82, 2.24) is 15.6 Å². The number of nitrogens with one attached hydrogen (secondary N) is 3. The number of H-pyrrole nitrogens is 1. The number of amides is 2. The zero-order chi connectivity index (χ0) is 17.2. The van der Waals surface area contributed by atoms with Crippen molar-refractivity contribution in [2.75, 3.05) is 13.2 Å². The van der Waals surface area contributed by atoms with E-state index >= 15 is 0 Å². The first-order valence-corrected chi connectivity index (χ1v) is 8.08. The summed E-state index contributed by atoms with van der Waals surface area (Å²) in [7, 11) is 0. The molecule has 0 bridgehead atoms. The highest BCUT2D eigenvalue weighted by atomic mass is 16.5. The average molecular weight is 335 g/mol. The average Bonchev–Trinajstić information content (AvgIpc) is 3.24. The van der Waals surface area contributed by atoms with Crippen molar-refractivity contribution in [3.63, 3.8) is 0 Å². The lowest BCUT2D eigenvalue weighted by Gasteiger charge is -2.12. The molecule has 0 fully saturated rings. The fourth-order valence-corrected chi connectivity index (χ4v) is 2.98. The van der Waals surface area contributed by atoms with Crippen LogP contribution in [0.15, 0.2) is 54.6 Å². The molecule has 126 valence electrons. The molecule has 1 aliphatic rings. The Kier molecular flexibility index (Phi) is 3.85. The smallest absolute Gasteiger partial charge is 0.268 e. The van der Waals surface area contributed by atoms with Crippen LogP contribution < -0.4 is 15.4 Å². The van der Waals surface area contributed by atoms with E-state index in [1.165, 1.54) is 0 Å². The quantitative estimate of drug-likeness (QED) is 0.683. The Labute approximate surface area is 144 Å². The van der Waals surface area contributed by atoms with E-state index < -0.39 is 0 Å². The summed E-state index contributed by atoms with van der Waals surface area (Å²) in [6.07, 6.45) is 0. The van der Waals surface area contributed by atoms with E-state index in [1.807, 2.05) is 48.5 Å². The normalized spacial score (nSPS) is 15.4. The van der Waals surface area contributed by atoms with Crippen LogP contribution in [0.3, 0.4) is 0 Å². The number of rotatable bonds is 4. The van der Waals surface area contributed by atoms with Gasteiger partial charge in [-0.2, -0.15) is 0 Å². The van der Waals surface area contributed by atoms with E-state index in [-0.39, 0.29) is 24.4 Å². The highest BCUT2D eigenvalue weighted by Crippen LogP contribution is 2.31. The van der Waals surface area contributed by atoms with Gasteiger partial charge in [-0.1, -0.05) is 36.4 Å². The molecule has 3 N–H and O–H groups in total. The molecule has 1 aliphatic heterocycles. The summed E-state index contributed by atoms with van der Waals surface area (Å²) >= 11 is 0. The second-order valence-electron chi connectivity index (χ2n) is 5.92. The molecule has 3 aromatic rings. The number of ether oxygens (including phenoxy) is 1. The maximum Gasteiger partial charge on any atom is 0.268 e. The van der Waals surface area contributed by atoms with Crippen LogP contribution in [-0.2, 0) is 4.79 Å². The maximum absolute atomic E-state index is 12.2. The van der Waals surface area contributed by atoms with Crippen molar-refractivity contribution in [3.05, 3.63) is 65.9 Å². The third kappa shape index (κ3) is 3.06. The van der Waals surface area contributed by atoms with Gasteiger partial charge in [-0.3, -0.25) is 9.59 Å². The van der Waals surface area contributed by atoms with Gasteiger partial charge in [0.05, 0.1) is 12.6 Å². The summed E-state index contributed by atoms with van der Waals surface area (Å²) in [4.78, 5) is 27.4. The van der Waals surface area contributed by atoms with Gasteiger partial charge in [0.2, 0.25) is 5.91 Å². The number of hydrogen-bond donors (Lipinski definition) is 3. The lowest BCUT2D eigenvalue weighted by molar-refractivity contribution is -0.120. The summed E-state index contributed by atoms with van der Waals surface area (Å²) in [5.41, 5.74) is 2.28. The van der Waals surface area contributed by atoms with Crippen LogP contribution >= 0.6 is 0 Å². The van der Waals surface area contributed by atoms with Gasteiger partial charge in [-0.05, 0) is 18.2 Å². The first-order chi connectivity index (χ1) is 12.2. The van der Waals surface area contributed by atoms with Crippen molar-refractivity contribution < 1.29 is 14.3 Å². The van der Waals surface area contributed by atoms with Crippen LogP contribution in [0.1, 0.15) is 22.1 Å². The second kappa shape index (κ2) is 6.32. The van der Waals surface area contributed by atoms with Crippen molar-refractivity contribution in [3.8, 4) is 5.75 Å². The molecule has 0 saturated carbocycles. The van der Waals surface area contributed by atoms with Gasteiger partial charge >= 0.3 is 0 Å². The predicted molar refractivity (Wildman–Crippen MR) is 93.5 cm³/mol. The van der Waals surface area contributed by atoms with Gasteiger partial charge in [0.25, 0.3) is 5.91 Å². The van der Waals surface area contributed by atoms with Crippen LogP contribution in [0.25, 0.3) is 10.9 Å². The molecule has 6 heteroatoms. The third-order valence-corrected chi connectivity index (χ3v) is 4.22. The molecule has 0 spiro atoms. The lowest BCUT2D eigenvalue weighted by atomic mass is 10.1. The molecule has 6 nitrogen and oxygen atoms in total. The molecule has 0 saturated heterocycles. The monoisotopic (exact) mass is 335 g/mol. The molecule has 2 heterocycles. The van der Waals surface area contributed by atoms with Crippen LogP contribution in [0.4, 0.5) is 0 Å². The van der Waals surface area contributed by atoms with E-state index in [2.05, 4.69) is 15.6 Å². The Balaban J connectivity index is 1.35. The van der Waals surface area contributed by atoms with E-state index in [1.54, 1.807) is 6.07 Å². The van der Waals surface area contributed by atoms with Crippen LogP contribution in [0.2, 0.25) is 0 Å². The number of benzene rings is 2. The molecule has 1 unspecified atom stereocenters. The third-order valence-electron chi connectivity index (χ3n) is 4.22. The van der Waals surface area contributed by atoms with E-state index in [0.717, 1.165) is 22.2 Å². The predicted octanol–water partition coefficient (Wildman–Crippen LogP) is 2.15. The minimum atomic E-state index is -0.311. The van der Waals surface area contributed by atoms with Crippen LogP contribution in [0.5, 0.6) is 5.75 Å². The fourth-order valence-electron chi connectivity index (χ4n) is 2.98. The minimum absolute atomic E-state index is 0.0904. The second-order valence-corrected chi connectivity index (χ2v) is 5.92. The molecule has 1 atom stereocenters. The Hall–Kier alpha value is -3.28. The number of carbonyl (C=O) groups excluding carboxylic acids is 2. The van der Waals surface area contributed by atoms with E-state index in [4.69, 9.17) is 4.74 Å². The molecular formula is C19H17N3O3. The first-order valence-electron chi connectivity index (χ1n) is 8.08. The summed E-state index contributed by atoms with van der Waals surface area (Å²) in [6.45, 7) is 0.313. The van der Waals surface area contributed by atoms with Gasteiger partial charge in [0, 0.05) is 16.5 Å². The Morgan fingerprint density at radius 3 is 2.80 bits per heavy atom. The number of para-hydroxylation sites is 2. The highest BCUT2D eigenvalue weighted by Gasteiger charge is 2.25. The molecular weight excluding hydrogens is 318 g/mol. The number of carbonyl (C=O) groups is 2. The molecule has 2 amide bonds. The summed E-state index contributed by atoms with van der Waals surface area (Å²) < 4.78 is 5.53. The van der Waals surface area contributed by atoms with E-state index in [0.29, 0.717) is 12.3 Å². The zero-order valence-corrected chi connectivity index (χ0v) is 13.4. The zero-order valence-electron chi connectivity index (χ0n) is 13.4. The topological polar surface area (TPSA) is 83.2 Å². The first kappa shape index (κ1) is 15.3. The molecule has 25 heavy (non-hydrogen) atoms. The Morgan fingerprint density at radius 2 is 1.92 bits per heavy atom. The van der Waals surface area contributed by atoms with Crippen LogP contribution in [0, 0.1) is 0 Å². The minimum Gasteiger partial charge on any atom is -0.491 e. The summed E-state index contributed by atoms with van der Waals surface area (Å²) in [6, 6.07) is 16.8. The van der Waals surface area contributed by atoms with Crippen molar-refractivity contribution in [1.29, 1.82) is 0 Å². The van der Waals surface area contributed by atoms with Crippen molar-refractivity contribution in [2.45, 2.75) is 6.04 Å². The van der Waals surface area contributed by atoms with E-state index in [9.17, 15) is 9.59 Å². The number of fused-ring (bicyclic) bond motifs is 2. The standard InChI is InChI=1S/C19H17N3O3/c23-18(22-16-11-25-17-8-4-2-6-13(16)17)10-20-19(24)15-9-12-5-1-3-7-14(12)21-15/h1-9,16,21H,10-11H2,(H,20,24)(H,22,23). The lowest BCUT2D eigenvalue weighted by Crippen LogP contribution is -2.39. The fraction of sp³-hybridized carbons (Fsp3) is 0.158. The molecule has 0 radical (unpaired) electrons. The largest absolute Gasteiger partial charge is 0.491 e. The molecule has 0 aliphatic carbocycles. The van der Waals surface area contributed by atoms with Crippen molar-refractivity contribution >= 4 is 22.7 Å². The summed E-state index contributed by atoms with van der Waals surface area (Å²) in [5.74, 6) is 0.221. The number of aromatic amines is 1. The van der Waals surface area contributed by atoms with Gasteiger partial charge in [0.1, 0.15) is 18.1 Å². The van der Waals surface area contributed by atoms with Gasteiger partial charge < -0.3 is 20.4 Å². The molecule has 2 aromatic carbocycles. The Morgan fingerprint density at radius 1 is 1.12 bits per heavy atom. The summed E-state index contributed by atoms with van der Waals surface area (Å²) in [5, 5.41) is 6.47. The molecule has 4 rings (SSSR count). The van der Waals surface area contributed by atoms with Crippen LogP contribution in [-0.4, -0.2) is 29.9 Å². The molecule has 1 aromatic heterocycles. The maximum atomic E-state index is 12.2. The van der Waals surface area contributed by atoms with Gasteiger partial charge in [-0.25, -0.2) is 0 Å². The van der Waals surface area contributed by atoms with Gasteiger partial charge in [0.15, 0.2) is 0 Å². The SMILES string of the molecule is O=C(CNC(=O)c1cc2ccccc2[nH]1)NC1COc2ccccc21. The Bertz CT molecular complexity index is 915. The van der Waals surface area contributed by atoms with Crippen molar-refractivity contribution in [2.24, 2.45) is 0 Å². The van der Waals surface area contributed by atoms with Gasteiger partial charge in [-0.15, -0.1) is 0 Å². The highest BCUT2D eigenvalue weighted by molar-refractivity contribution is 5.99. The number of aromatic nitrogens is 1.